The number of alkyl halides is 2. The van der Waals surface area contributed by atoms with Crippen LogP contribution in [0.1, 0.15) is 16.8 Å². The monoisotopic (exact) mass is 265 g/mol. The summed E-state index contributed by atoms with van der Waals surface area (Å²) in [5.74, 6) is -2.86. The van der Waals surface area contributed by atoms with Crippen LogP contribution in [0.25, 0.3) is 0 Å². The third-order valence-corrected chi connectivity index (χ3v) is 3.20. The molecule has 1 aromatic heterocycles. The Hall–Kier alpha value is -1.75. The number of aromatic nitrogens is 2. The van der Waals surface area contributed by atoms with E-state index in [0.29, 0.717) is 6.54 Å². The molecular weight excluding hydrogens is 248 g/mol. The molecule has 0 saturated heterocycles. The van der Waals surface area contributed by atoms with E-state index in [1.165, 1.54) is 12.1 Å². The van der Waals surface area contributed by atoms with Crippen molar-refractivity contribution in [3.8, 4) is 0 Å². The molecule has 0 unspecified atom stereocenters. The Morgan fingerprint density at radius 1 is 1.26 bits per heavy atom. The Morgan fingerprint density at radius 3 is 2.53 bits per heavy atom. The number of nitrogens with one attached hydrogen (secondary N) is 1. The van der Waals surface area contributed by atoms with Gasteiger partial charge in [0.25, 0.3) is 5.92 Å². The Kier molecular flexibility index (Phi) is 3.95. The van der Waals surface area contributed by atoms with Gasteiger partial charge in [0.2, 0.25) is 0 Å². The van der Waals surface area contributed by atoms with E-state index in [9.17, 15) is 8.78 Å². The highest BCUT2D eigenvalue weighted by Gasteiger charge is 2.30. The topological polar surface area (TPSA) is 29.9 Å². The average Bonchev–Trinajstić information content (AvgIpc) is 2.72. The van der Waals surface area contributed by atoms with Gasteiger partial charge in [0.15, 0.2) is 0 Å². The Morgan fingerprint density at radius 2 is 1.95 bits per heavy atom. The lowest BCUT2D eigenvalue weighted by molar-refractivity contribution is -0.00344. The van der Waals surface area contributed by atoms with Crippen LogP contribution in [-0.2, 0) is 19.5 Å². The fourth-order valence-electron chi connectivity index (χ4n) is 1.86. The van der Waals surface area contributed by atoms with Gasteiger partial charge in [0.05, 0.1) is 12.7 Å². The maximum Gasteiger partial charge on any atom is 0.285 e. The molecule has 1 heterocycles. The van der Waals surface area contributed by atoms with E-state index in [-0.39, 0.29) is 12.1 Å². The maximum atomic E-state index is 13.9. The summed E-state index contributed by atoms with van der Waals surface area (Å²) in [5.41, 5.74) is 1.95. The lowest BCUT2D eigenvalue weighted by atomic mass is 10.1. The molecular formula is C14H17F2N3. The minimum absolute atomic E-state index is 0.0328. The number of halogens is 2. The maximum absolute atomic E-state index is 13.9. The van der Waals surface area contributed by atoms with Crippen molar-refractivity contribution in [3.63, 3.8) is 0 Å². The zero-order valence-corrected chi connectivity index (χ0v) is 11.0. The minimum atomic E-state index is -2.86. The van der Waals surface area contributed by atoms with Gasteiger partial charge >= 0.3 is 0 Å². The Bertz CT molecular complexity index is 535. The number of hydrogen-bond donors (Lipinski definition) is 1. The molecule has 0 amide bonds. The van der Waals surface area contributed by atoms with E-state index in [1.807, 2.05) is 14.0 Å². The lowest BCUT2D eigenvalue weighted by Gasteiger charge is -2.17. The summed E-state index contributed by atoms with van der Waals surface area (Å²) < 4.78 is 29.5. The van der Waals surface area contributed by atoms with E-state index in [4.69, 9.17) is 0 Å². The number of rotatable bonds is 5. The summed E-state index contributed by atoms with van der Waals surface area (Å²) in [5, 5.41) is 6.87. The van der Waals surface area contributed by atoms with Crippen LogP contribution in [0, 0.1) is 6.92 Å². The molecule has 0 bridgehead atoms. The van der Waals surface area contributed by atoms with Crippen molar-refractivity contribution >= 4 is 0 Å². The number of benzene rings is 1. The third-order valence-electron chi connectivity index (χ3n) is 3.20. The van der Waals surface area contributed by atoms with Crippen molar-refractivity contribution in [3.05, 3.63) is 53.3 Å². The Labute approximate surface area is 111 Å². The molecule has 0 aliphatic heterocycles. The summed E-state index contributed by atoms with van der Waals surface area (Å²) in [6.07, 6.45) is 1.70. The third kappa shape index (κ3) is 3.17. The zero-order valence-electron chi connectivity index (χ0n) is 11.0. The molecule has 2 aromatic rings. The molecule has 1 aromatic carbocycles. The first-order chi connectivity index (χ1) is 9.00. The van der Waals surface area contributed by atoms with Gasteiger partial charge in [-0.1, -0.05) is 30.3 Å². The second-order valence-corrected chi connectivity index (χ2v) is 4.55. The fraction of sp³-hybridized carbons (Fsp3) is 0.357. The first-order valence-electron chi connectivity index (χ1n) is 6.12. The van der Waals surface area contributed by atoms with Crippen LogP contribution in [0.4, 0.5) is 8.78 Å². The summed E-state index contributed by atoms with van der Waals surface area (Å²) in [4.78, 5) is 0. The molecule has 0 saturated carbocycles. The highest BCUT2D eigenvalue weighted by atomic mass is 19.3. The van der Waals surface area contributed by atoms with Gasteiger partial charge in [0.1, 0.15) is 0 Å². The van der Waals surface area contributed by atoms with Crippen LogP contribution in [0.2, 0.25) is 0 Å². The van der Waals surface area contributed by atoms with Gasteiger partial charge in [0, 0.05) is 30.4 Å². The van der Waals surface area contributed by atoms with Crippen LogP contribution < -0.4 is 5.32 Å². The van der Waals surface area contributed by atoms with Crippen LogP contribution >= 0.6 is 0 Å². The summed E-state index contributed by atoms with van der Waals surface area (Å²) in [6.45, 7) is 1.92. The summed E-state index contributed by atoms with van der Waals surface area (Å²) in [7, 11) is 1.83. The molecule has 0 radical (unpaired) electrons. The number of nitrogens with zero attached hydrogens (tertiary/aromatic N) is 2. The van der Waals surface area contributed by atoms with Crippen molar-refractivity contribution in [2.45, 2.75) is 19.4 Å². The quantitative estimate of drug-likeness (QED) is 0.900. The van der Waals surface area contributed by atoms with Crippen LogP contribution in [0.5, 0.6) is 0 Å². The first-order valence-corrected chi connectivity index (χ1v) is 6.12. The van der Waals surface area contributed by atoms with E-state index >= 15 is 0 Å². The molecule has 0 aliphatic carbocycles. The lowest BCUT2D eigenvalue weighted by Crippen LogP contribution is -2.30. The highest BCUT2D eigenvalue weighted by molar-refractivity contribution is 5.20. The molecule has 1 N–H and O–H groups in total. The number of aryl methyl sites for hydroxylation is 1. The van der Waals surface area contributed by atoms with E-state index in [1.54, 1.807) is 29.1 Å². The zero-order chi connectivity index (χ0) is 13.9. The molecule has 2 rings (SSSR count). The second-order valence-electron chi connectivity index (χ2n) is 4.55. The van der Waals surface area contributed by atoms with Gasteiger partial charge in [-0.2, -0.15) is 13.9 Å². The van der Waals surface area contributed by atoms with Gasteiger partial charge < -0.3 is 5.32 Å². The standard InChI is InChI=1S/C14H17F2N3/c1-11-12(9-18-19(11)2)8-17-10-14(15,16)13-6-4-3-5-7-13/h3-7,9,17H,8,10H2,1-2H3. The van der Waals surface area contributed by atoms with Gasteiger partial charge in [-0.05, 0) is 6.92 Å². The largest absolute Gasteiger partial charge is 0.307 e. The first kappa shape index (κ1) is 13.7. The van der Waals surface area contributed by atoms with Crippen molar-refractivity contribution in [1.29, 1.82) is 0 Å². The molecule has 0 fully saturated rings. The molecule has 0 spiro atoms. The summed E-state index contributed by atoms with van der Waals surface area (Å²) >= 11 is 0. The summed E-state index contributed by atoms with van der Waals surface area (Å²) in [6, 6.07) is 7.85. The van der Waals surface area contributed by atoms with Crippen LogP contribution in [-0.4, -0.2) is 16.3 Å². The Balaban J connectivity index is 1.94. The van der Waals surface area contributed by atoms with Gasteiger partial charge in [-0.3, -0.25) is 4.68 Å². The van der Waals surface area contributed by atoms with Crippen molar-refractivity contribution < 1.29 is 8.78 Å². The predicted octanol–water partition coefficient (Wildman–Crippen LogP) is 2.61. The van der Waals surface area contributed by atoms with E-state index in [2.05, 4.69) is 10.4 Å². The average molecular weight is 265 g/mol. The fourth-order valence-corrected chi connectivity index (χ4v) is 1.86. The van der Waals surface area contributed by atoms with Crippen molar-refractivity contribution in [2.24, 2.45) is 7.05 Å². The van der Waals surface area contributed by atoms with E-state index < -0.39 is 5.92 Å². The normalized spacial score (nSPS) is 11.8. The molecule has 3 nitrogen and oxygen atoms in total. The predicted molar refractivity (Wildman–Crippen MR) is 70.0 cm³/mol. The molecule has 5 heteroatoms. The van der Waals surface area contributed by atoms with Gasteiger partial charge in [-0.15, -0.1) is 0 Å². The molecule has 102 valence electrons. The van der Waals surface area contributed by atoms with Gasteiger partial charge in [-0.25, -0.2) is 0 Å². The second kappa shape index (κ2) is 5.48. The minimum Gasteiger partial charge on any atom is -0.307 e. The molecule has 0 aliphatic rings. The smallest absolute Gasteiger partial charge is 0.285 e. The van der Waals surface area contributed by atoms with Crippen LogP contribution in [0.15, 0.2) is 36.5 Å². The van der Waals surface area contributed by atoms with Crippen molar-refractivity contribution in [1.82, 2.24) is 15.1 Å². The highest BCUT2D eigenvalue weighted by Crippen LogP contribution is 2.26. The van der Waals surface area contributed by atoms with E-state index in [0.717, 1.165) is 11.3 Å². The van der Waals surface area contributed by atoms with Crippen molar-refractivity contribution in [2.75, 3.05) is 6.54 Å². The SMILES string of the molecule is Cc1c(CNCC(F)(F)c2ccccc2)cnn1C. The van der Waals surface area contributed by atoms with Crippen LogP contribution in [0.3, 0.4) is 0 Å². The molecule has 19 heavy (non-hydrogen) atoms. The number of hydrogen-bond acceptors (Lipinski definition) is 2. The molecule has 0 atom stereocenters.